The van der Waals surface area contributed by atoms with E-state index in [-0.39, 0.29) is 30.9 Å². The third kappa shape index (κ3) is 10.4. The summed E-state index contributed by atoms with van der Waals surface area (Å²) in [7, 11) is 0. The first kappa shape index (κ1) is 36.9. The maximum Gasteiger partial charge on any atom is 0.338 e. The van der Waals surface area contributed by atoms with Crippen molar-refractivity contribution in [3.8, 4) is 5.75 Å². The minimum absolute atomic E-state index is 0.0305. The average Bonchev–Trinajstić information content (AvgIpc) is 3.18. The highest BCUT2D eigenvalue weighted by Crippen LogP contribution is 2.34. The minimum Gasteiger partial charge on any atom is -0.508 e. The highest BCUT2D eigenvalue weighted by Gasteiger charge is 2.48. The van der Waals surface area contributed by atoms with Crippen molar-refractivity contribution < 1.29 is 38.3 Å². The van der Waals surface area contributed by atoms with Crippen LogP contribution in [-0.2, 0) is 61.3 Å². The van der Waals surface area contributed by atoms with Crippen molar-refractivity contribution in [2.75, 3.05) is 13.2 Å². The van der Waals surface area contributed by atoms with Gasteiger partial charge in [0.2, 0.25) is 0 Å². The number of aromatic hydroxyl groups is 1. The predicted molar refractivity (Wildman–Crippen MR) is 198 cm³/mol. The van der Waals surface area contributed by atoms with E-state index >= 15 is 0 Å². The normalized spacial score (nSPS) is 20.0. The smallest absolute Gasteiger partial charge is 0.338 e. The van der Waals surface area contributed by atoms with Crippen LogP contribution in [0.2, 0.25) is 0 Å². The van der Waals surface area contributed by atoms with Gasteiger partial charge in [-0.3, -0.25) is 0 Å². The molecule has 1 aliphatic rings. The van der Waals surface area contributed by atoms with E-state index in [1.54, 1.807) is 19.1 Å². The lowest BCUT2D eigenvalue weighted by Gasteiger charge is -2.46. The number of ether oxygens (including phenoxy) is 6. The van der Waals surface area contributed by atoms with Crippen LogP contribution >= 0.6 is 0 Å². The Hall–Kier alpha value is -4.83. The van der Waals surface area contributed by atoms with Gasteiger partial charge in [-0.2, -0.15) is 0 Å². The van der Waals surface area contributed by atoms with Gasteiger partial charge < -0.3 is 33.5 Å². The third-order valence-electron chi connectivity index (χ3n) is 9.00. The highest BCUT2D eigenvalue weighted by molar-refractivity contribution is 5.90. The van der Waals surface area contributed by atoms with Crippen molar-refractivity contribution in [3.05, 3.63) is 173 Å². The lowest BCUT2D eigenvalue weighted by Crippen LogP contribution is -2.61. The first-order chi connectivity index (χ1) is 25.6. The van der Waals surface area contributed by atoms with Crippen LogP contribution in [0.15, 0.2) is 140 Å². The zero-order valence-corrected chi connectivity index (χ0v) is 29.4. The molecule has 1 saturated heterocycles. The van der Waals surface area contributed by atoms with Crippen LogP contribution in [0.3, 0.4) is 0 Å². The molecule has 0 aliphatic carbocycles. The highest BCUT2D eigenvalue weighted by atomic mass is 16.6. The van der Waals surface area contributed by atoms with Crippen LogP contribution < -0.4 is 0 Å². The molecule has 0 radical (unpaired) electrons. The molecular formula is C44H46O8. The standard InChI is InChI=1S/C44H46O8/c1-2-48-44(46)37-24-23-36(38(45)25-37)26-39-41(49-28-33-17-9-4-10-18-33)43(51-30-35-21-13-6-14-22-35)42(50-29-34-19-11-5-12-20-34)40(52-39)31-47-27-32-15-7-3-8-16-32/h3-25,39-43,45H,2,26-31H2,1H3/t39-,40-,41+,42-,43-/m1/s1. The molecule has 0 unspecified atom stereocenters. The fourth-order valence-electron chi connectivity index (χ4n) is 6.34. The summed E-state index contributed by atoms with van der Waals surface area (Å²) in [6.45, 7) is 3.59. The van der Waals surface area contributed by atoms with Gasteiger partial charge in [0.15, 0.2) is 0 Å². The van der Waals surface area contributed by atoms with Gasteiger partial charge in [-0.1, -0.05) is 127 Å². The topological polar surface area (TPSA) is 92.7 Å². The Morgan fingerprint density at radius 2 is 1.06 bits per heavy atom. The number of phenolic OH excluding ortho intramolecular Hbond substituents is 1. The van der Waals surface area contributed by atoms with Crippen molar-refractivity contribution in [1.29, 1.82) is 0 Å². The predicted octanol–water partition coefficient (Wildman–Crippen LogP) is 7.85. The number of rotatable bonds is 17. The summed E-state index contributed by atoms with van der Waals surface area (Å²) in [6, 6.07) is 44.8. The molecule has 1 fully saturated rings. The fraction of sp³-hybridized carbons (Fsp3) is 0.295. The van der Waals surface area contributed by atoms with Gasteiger partial charge in [-0.15, -0.1) is 0 Å². The number of esters is 1. The largest absolute Gasteiger partial charge is 0.508 e. The van der Waals surface area contributed by atoms with E-state index in [2.05, 4.69) is 0 Å². The monoisotopic (exact) mass is 702 g/mol. The number of hydrogen-bond acceptors (Lipinski definition) is 8. The molecule has 0 saturated carbocycles. The van der Waals surface area contributed by atoms with Gasteiger partial charge in [0.1, 0.15) is 30.2 Å². The summed E-state index contributed by atoms with van der Waals surface area (Å²) in [5.41, 5.74) is 4.95. The fourth-order valence-corrected chi connectivity index (χ4v) is 6.34. The second-order valence-corrected chi connectivity index (χ2v) is 12.8. The van der Waals surface area contributed by atoms with Crippen molar-refractivity contribution >= 4 is 5.97 Å². The molecule has 0 spiro atoms. The zero-order chi connectivity index (χ0) is 36.0. The van der Waals surface area contributed by atoms with E-state index < -0.39 is 36.5 Å². The maximum atomic E-state index is 12.4. The van der Waals surface area contributed by atoms with Crippen molar-refractivity contribution in [2.45, 2.75) is 70.3 Å². The van der Waals surface area contributed by atoms with Gasteiger partial charge in [-0.25, -0.2) is 4.79 Å². The molecular weight excluding hydrogens is 656 g/mol. The summed E-state index contributed by atoms with van der Waals surface area (Å²) in [5, 5.41) is 11.2. The summed E-state index contributed by atoms with van der Waals surface area (Å²) >= 11 is 0. The van der Waals surface area contributed by atoms with Gasteiger partial charge in [0.05, 0.1) is 51.3 Å². The molecule has 0 bridgehead atoms. The Labute approximate surface area is 305 Å². The number of hydrogen-bond donors (Lipinski definition) is 1. The number of carbonyl (C=O) groups excluding carboxylic acids is 1. The van der Waals surface area contributed by atoms with Crippen molar-refractivity contribution in [3.63, 3.8) is 0 Å². The Balaban J connectivity index is 1.34. The van der Waals surface area contributed by atoms with Gasteiger partial charge in [-0.05, 0) is 46.9 Å². The lowest BCUT2D eigenvalue weighted by atomic mass is 9.90. The van der Waals surface area contributed by atoms with Crippen LogP contribution in [0.25, 0.3) is 0 Å². The van der Waals surface area contributed by atoms with Gasteiger partial charge in [0, 0.05) is 6.42 Å². The minimum atomic E-state index is -0.612. The molecule has 5 aromatic carbocycles. The summed E-state index contributed by atoms with van der Waals surface area (Å²) in [6.07, 6.45) is -2.62. The molecule has 5 aromatic rings. The van der Waals surface area contributed by atoms with E-state index in [1.165, 1.54) is 6.07 Å². The molecule has 5 atom stereocenters. The van der Waals surface area contributed by atoms with Crippen molar-refractivity contribution in [2.24, 2.45) is 0 Å². The molecule has 8 heteroatoms. The van der Waals surface area contributed by atoms with E-state index in [0.717, 1.165) is 22.3 Å². The molecule has 0 amide bonds. The van der Waals surface area contributed by atoms with Gasteiger partial charge >= 0.3 is 5.97 Å². The Morgan fingerprint density at radius 3 is 1.54 bits per heavy atom. The quantitative estimate of drug-likeness (QED) is 0.0980. The molecule has 8 nitrogen and oxygen atoms in total. The molecule has 1 aliphatic heterocycles. The average molecular weight is 703 g/mol. The second kappa shape index (κ2) is 19.1. The molecule has 0 aromatic heterocycles. The van der Waals surface area contributed by atoms with Gasteiger partial charge in [0.25, 0.3) is 0 Å². The van der Waals surface area contributed by atoms with Crippen LogP contribution in [0.5, 0.6) is 5.75 Å². The van der Waals surface area contributed by atoms with Crippen molar-refractivity contribution in [1.82, 2.24) is 0 Å². The Kier molecular flexibility index (Phi) is 13.6. The lowest BCUT2D eigenvalue weighted by molar-refractivity contribution is -0.272. The Bertz CT molecular complexity index is 1790. The zero-order valence-electron chi connectivity index (χ0n) is 29.4. The van der Waals surface area contributed by atoms with E-state index in [4.69, 9.17) is 28.4 Å². The third-order valence-corrected chi connectivity index (χ3v) is 9.00. The molecule has 1 heterocycles. The molecule has 52 heavy (non-hydrogen) atoms. The number of carbonyl (C=O) groups is 1. The summed E-state index contributed by atoms with van der Waals surface area (Å²) < 4.78 is 38.7. The van der Waals surface area contributed by atoms with Crippen LogP contribution in [0.4, 0.5) is 0 Å². The van der Waals surface area contributed by atoms with Crippen LogP contribution in [0.1, 0.15) is 45.1 Å². The SMILES string of the molecule is CCOC(=O)c1ccc(C[C@H]2O[C@H](COCc3ccccc3)[C@@H](OCc3ccccc3)[C@H](OCc3ccccc3)[C@H]2OCc2ccccc2)c(O)c1. The Morgan fingerprint density at radius 1 is 0.596 bits per heavy atom. The summed E-state index contributed by atoms with van der Waals surface area (Å²) in [4.78, 5) is 12.4. The first-order valence-corrected chi connectivity index (χ1v) is 17.8. The van der Waals surface area contributed by atoms with Crippen LogP contribution in [-0.4, -0.2) is 54.8 Å². The second-order valence-electron chi connectivity index (χ2n) is 12.8. The maximum absolute atomic E-state index is 12.4. The molecule has 270 valence electrons. The van der Waals surface area contributed by atoms with E-state index in [0.29, 0.717) is 32.0 Å². The van der Waals surface area contributed by atoms with E-state index in [9.17, 15) is 9.90 Å². The number of benzene rings is 5. The molecule has 6 rings (SSSR count). The van der Waals surface area contributed by atoms with E-state index in [1.807, 2.05) is 121 Å². The van der Waals surface area contributed by atoms with Crippen LogP contribution in [0, 0.1) is 0 Å². The number of phenols is 1. The summed E-state index contributed by atoms with van der Waals surface area (Å²) in [5.74, 6) is -0.525. The molecule has 1 N–H and O–H groups in total. The first-order valence-electron chi connectivity index (χ1n) is 17.8.